The lowest BCUT2D eigenvalue weighted by Crippen LogP contribution is -2.46. The van der Waals surface area contributed by atoms with Crippen molar-refractivity contribution in [3.8, 4) is 11.5 Å². The van der Waals surface area contributed by atoms with Crippen LogP contribution in [0.25, 0.3) is 22.6 Å². The number of aryl methyl sites for hydroxylation is 1. The molecule has 0 aliphatic carbocycles. The van der Waals surface area contributed by atoms with E-state index in [1.54, 1.807) is 36.4 Å². The number of para-hydroxylation sites is 2. The standard InChI is InChI=1S/C32H27N3O5S/c1-22-11-17-26(18-12-22)41(38,39)34(20-19-23-7-3-2-4-8-23)28-21-30(36)35(32(28)37)25-15-13-24(14-16-25)31-33-27-9-5-6-10-29(27)40-31/h2-18,28H,19-21H2,1H3. The minimum Gasteiger partial charge on any atom is -0.436 e. The van der Waals surface area contributed by atoms with Gasteiger partial charge in [0.2, 0.25) is 21.8 Å². The van der Waals surface area contributed by atoms with Gasteiger partial charge in [-0.05, 0) is 67.4 Å². The molecule has 1 aliphatic heterocycles. The second-order valence-corrected chi connectivity index (χ2v) is 11.9. The lowest BCUT2D eigenvalue weighted by molar-refractivity contribution is -0.122. The smallest absolute Gasteiger partial charge is 0.252 e. The summed E-state index contributed by atoms with van der Waals surface area (Å²) in [6.45, 7) is 1.92. The first-order valence-corrected chi connectivity index (χ1v) is 14.7. The minimum atomic E-state index is -4.08. The van der Waals surface area contributed by atoms with Crippen LogP contribution in [0.1, 0.15) is 17.5 Å². The Balaban J connectivity index is 1.29. The lowest BCUT2D eigenvalue weighted by atomic mass is 10.1. The molecule has 2 heterocycles. The van der Waals surface area contributed by atoms with Gasteiger partial charge in [0.15, 0.2) is 5.58 Å². The van der Waals surface area contributed by atoms with Gasteiger partial charge in [-0.2, -0.15) is 4.31 Å². The molecule has 9 heteroatoms. The van der Waals surface area contributed by atoms with Crippen LogP contribution in [0.2, 0.25) is 0 Å². The average molecular weight is 566 g/mol. The summed E-state index contributed by atoms with van der Waals surface area (Å²) in [6, 6.07) is 29.0. The maximum Gasteiger partial charge on any atom is 0.252 e. The SMILES string of the molecule is Cc1ccc(S(=O)(=O)N(CCc2ccccc2)C2CC(=O)N(c3ccc(-c4nc5ccccc5o4)cc3)C2=O)cc1. The Labute approximate surface area is 237 Å². The number of nitrogens with zero attached hydrogens (tertiary/aromatic N) is 3. The molecule has 6 rings (SSSR count). The first-order chi connectivity index (χ1) is 19.8. The number of rotatable bonds is 8. The van der Waals surface area contributed by atoms with E-state index in [2.05, 4.69) is 4.98 Å². The molecular formula is C32H27N3O5S. The minimum absolute atomic E-state index is 0.0500. The Morgan fingerprint density at radius 3 is 2.27 bits per heavy atom. The van der Waals surface area contributed by atoms with Crippen LogP contribution in [0, 0.1) is 6.92 Å². The fourth-order valence-electron chi connectivity index (χ4n) is 5.03. The van der Waals surface area contributed by atoms with Gasteiger partial charge in [0.25, 0.3) is 5.91 Å². The molecule has 1 saturated heterocycles. The number of carbonyl (C=O) groups is 2. The highest BCUT2D eigenvalue weighted by atomic mass is 32.2. The summed E-state index contributed by atoms with van der Waals surface area (Å²) in [5.74, 6) is -0.613. The summed E-state index contributed by atoms with van der Waals surface area (Å²) in [6.07, 6.45) is 0.148. The summed E-state index contributed by atoms with van der Waals surface area (Å²) in [4.78, 5) is 32.6. The molecule has 8 nitrogen and oxygen atoms in total. The van der Waals surface area contributed by atoms with Gasteiger partial charge in [-0.1, -0.05) is 60.2 Å². The van der Waals surface area contributed by atoms with E-state index in [0.29, 0.717) is 29.1 Å². The van der Waals surface area contributed by atoms with E-state index in [-0.39, 0.29) is 17.9 Å². The number of amides is 2. The number of sulfonamides is 1. The van der Waals surface area contributed by atoms with Crippen molar-refractivity contribution in [2.45, 2.75) is 30.7 Å². The van der Waals surface area contributed by atoms with Gasteiger partial charge in [0, 0.05) is 12.1 Å². The summed E-state index contributed by atoms with van der Waals surface area (Å²) in [5.41, 5.74) is 4.28. The Morgan fingerprint density at radius 2 is 1.56 bits per heavy atom. The number of anilines is 1. The monoisotopic (exact) mass is 565 g/mol. The predicted octanol–water partition coefficient (Wildman–Crippen LogP) is 5.37. The molecular weight excluding hydrogens is 538 g/mol. The van der Waals surface area contributed by atoms with E-state index in [1.807, 2.05) is 61.5 Å². The second kappa shape index (κ2) is 10.8. The van der Waals surface area contributed by atoms with Crippen molar-refractivity contribution in [1.82, 2.24) is 9.29 Å². The molecule has 0 spiro atoms. The average Bonchev–Trinajstić information content (AvgIpc) is 3.54. The quantitative estimate of drug-likeness (QED) is 0.235. The third-order valence-corrected chi connectivity index (χ3v) is 9.15. The van der Waals surface area contributed by atoms with Crippen LogP contribution >= 0.6 is 0 Å². The van der Waals surface area contributed by atoms with E-state index in [4.69, 9.17) is 4.42 Å². The number of benzene rings is 4. The fraction of sp³-hybridized carbons (Fsp3) is 0.156. The van der Waals surface area contributed by atoms with Crippen LogP contribution in [-0.2, 0) is 26.0 Å². The van der Waals surface area contributed by atoms with Gasteiger partial charge < -0.3 is 4.42 Å². The molecule has 4 aromatic carbocycles. The fourth-order valence-corrected chi connectivity index (χ4v) is 6.62. The van der Waals surface area contributed by atoms with Crippen LogP contribution in [0.3, 0.4) is 0 Å². The van der Waals surface area contributed by atoms with Crippen molar-refractivity contribution in [2.24, 2.45) is 0 Å². The van der Waals surface area contributed by atoms with E-state index >= 15 is 0 Å². The molecule has 0 N–H and O–H groups in total. The third-order valence-electron chi connectivity index (χ3n) is 7.23. The number of imide groups is 1. The Morgan fingerprint density at radius 1 is 0.878 bits per heavy atom. The highest BCUT2D eigenvalue weighted by molar-refractivity contribution is 7.89. The molecule has 1 fully saturated rings. The molecule has 0 bridgehead atoms. The number of oxazole rings is 1. The summed E-state index contributed by atoms with van der Waals surface area (Å²) < 4.78 is 34.7. The molecule has 0 saturated carbocycles. The van der Waals surface area contributed by atoms with E-state index in [0.717, 1.165) is 21.5 Å². The van der Waals surface area contributed by atoms with Gasteiger partial charge in [0.05, 0.1) is 17.0 Å². The molecule has 206 valence electrons. The van der Waals surface area contributed by atoms with Crippen LogP contribution in [0.15, 0.2) is 112 Å². The van der Waals surface area contributed by atoms with Gasteiger partial charge in [-0.3, -0.25) is 9.59 Å². The summed E-state index contributed by atoms with van der Waals surface area (Å²) in [7, 11) is -4.08. The Hall–Kier alpha value is -4.60. The predicted molar refractivity (Wildman–Crippen MR) is 156 cm³/mol. The van der Waals surface area contributed by atoms with Crippen LogP contribution in [0.4, 0.5) is 5.69 Å². The highest BCUT2D eigenvalue weighted by Gasteiger charge is 2.46. The zero-order chi connectivity index (χ0) is 28.6. The van der Waals surface area contributed by atoms with Gasteiger partial charge in [-0.15, -0.1) is 0 Å². The molecule has 5 aromatic rings. The zero-order valence-electron chi connectivity index (χ0n) is 22.3. The largest absolute Gasteiger partial charge is 0.436 e. The number of fused-ring (bicyclic) bond motifs is 1. The number of hydrogen-bond acceptors (Lipinski definition) is 6. The molecule has 1 aliphatic rings. The zero-order valence-corrected chi connectivity index (χ0v) is 23.1. The third kappa shape index (κ3) is 5.17. The van der Waals surface area contributed by atoms with Crippen molar-refractivity contribution in [3.05, 3.63) is 114 Å². The van der Waals surface area contributed by atoms with E-state index < -0.39 is 27.9 Å². The Kier molecular flexibility index (Phi) is 6.98. The van der Waals surface area contributed by atoms with Gasteiger partial charge in [0.1, 0.15) is 11.6 Å². The maximum absolute atomic E-state index is 13.8. The van der Waals surface area contributed by atoms with Crippen LogP contribution in [-0.4, -0.2) is 42.1 Å². The summed E-state index contributed by atoms with van der Waals surface area (Å²) in [5, 5.41) is 0. The molecule has 1 aromatic heterocycles. The van der Waals surface area contributed by atoms with Crippen molar-refractivity contribution in [2.75, 3.05) is 11.4 Å². The first-order valence-electron chi connectivity index (χ1n) is 13.3. The summed E-state index contributed by atoms with van der Waals surface area (Å²) >= 11 is 0. The highest BCUT2D eigenvalue weighted by Crippen LogP contribution is 2.32. The van der Waals surface area contributed by atoms with Crippen molar-refractivity contribution < 1.29 is 22.4 Å². The van der Waals surface area contributed by atoms with Crippen LogP contribution in [0.5, 0.6) is 0 Å². The molecule has 0 radical (unpaired) electrons. The van der Waals surface area contributed by atoms with Crippen molar-refractivity contribution in [3.63, 3.8) is 0 Å². The maximum atomic E-state index is 13.8. The normalized spacial score (nSPS) is 15.8. The Bertz CT molecular complexity index is 1800. The van der Waals surface area contributed by atoms with Gasteiger partial charge in [-0.25, -0.2) is 18.3 Å². The number of carbonyl (C=O) groups excluding carboxylic acids is 2. The topological polar surface area (TPSA) is 101 Å². The van der Waals surface area contributed by atoms with E-state index in [1.165, 1.54) is 16.4 Å². The molecule has 41 heavy (non-hydrogen) atoms. The molecule has 1 atom stereocenters. The van der Waals surface area contributed by atoms with E-state index in [9.17, 15) is 18.0 Å². The lowest BCUT2D eigenvalue weighted by Gasteiger charge is -2.27. The van der Waals surface area contributed by atoms with Crippen LogP contribution < -0.4 is 4.90 Å². The molecule has 1 unspecified atom stereocenters. The van der Waals surface area contributed by atoms with Crippen molar-refractivity contribution in [1.29, 1.82) is 0 Å². The molecule has 2 amide bonds. The first kappa shape index (κ1) is 26.6. The van der Waals surface area contributed by atoms with Gasteiger partial charge >= 0.3 is 0 Å². The number of hydrogen-bond donors (Lipinski definition) is 0. The number of aromatic nitrogens is 1. The van der Waals surface area contributed by atoms with Crippen molar-refractivity contribution >= 4 is 38.6 Å². The second-order valence-electron chi connectivity index (χ2n) is 9.99.